The van der Waals surface area contributed by atoms with E-state index in [1.807, 2.05) is 18.2 Å². The molecule has 0 spiro atoms. The molecule has 92 valence electrons. The smallest absolute Gasteiger partial charge is 0.267 e. The number of fused-ring (bicyclic) bond motifs is 1. The van der Waals surface area contributed by atoms with Crippen LogP contribution in [0.25, 0.3) is 0 Å². The molecule has 0 aliphatic carbocycles. The van der Waals surface area contributed by atoms with Crippen LogP contribution in [0.2, 0.25) is 0 Å². The minimum Gasteiger partial charge on any atom is -0.479 e. The van der Waals surface area contributed by atoms with Crippen molar-refractivity contribution in [1.29, 1.82) is 0 Å². The first-order valence-corrected chi connectivity index (χ1v) is 6.48. The first-order chi connectivity index (χ1) is 8.13. The number of methoxy groups -OCH3 is 1. The van der Waals surface area contributed by atoms with Gasteiger partial charge in [0.25, 0.3) is 5.91 Å². The summed E-state index contributed by atoms with van der Waals surface area (Å²) in [7, 11) is 1.63. The Bertz CT molecular complexity index is 436. The highest BCUT2D eigenvalue weighted by atomic mass is 127. The van der Waals surface area contributed by atoms with E-state index in [-0.39, 0.29) is 5.91 Å². The summed E-state index contributed by atoms with van der Waals surface area (Å²) in [5, 5.41) is 0. The molecule has 0 saturated heterocycles. The summed E-state index contributed by atoms with van der Waals surface area (Å²) in [5.74, 6) is 0.746. The average molecular weight is 347 g/mol. The molecule has 0 saturated carbocycles. The summed E-state index contributed by atoms with van der Waals surface area (Å²) in [6.45, 7) is 2.84. The number of hydrogen-bond donors (Lipinski definition) is 0. The van der Waals surface area contributed by atoms with Gasteiger partial charge >= 0.3 is 0 Å². The first-order valence-electron chi connectivity index (χ1n) is 5.40. The summed E-state index contributed by atoms with van der Waals surface area (Å²) >= 11 is 2.23. The first kappa shape index (κ1) is 12.6. The highest BCUT2D eigenvalue weighted by Gasteiger charge is 2.31. The summed E-state index contributed by atoms with van der Waals surface area (Å²) < 4.78 is 11.7. The van der Waals surface area contributed by atoms with Gasteiger partial charge in [0, 0.05) is 17.2 Å². The van der Waals surface area contributed by atoms with E-state index >= 15 is 0 Å². The Morgan fingerprint density at radius 2 is 2.29 bits per heavy atom. The number of benzene rings is 1. The standard InChI is InChI=1S/C12H14INO3/c1-8-12(15)14(5-6-16-2)10-4-3-9(13)7-11(10)17-8/h3-4,7-8H,5-6H2,1-2H3. The van der Waals surface area contributed by atoms with Gasteiger partial charge in [-0.15, -0.1) is 0 Å². The van der Waals surface area contributed by atoms with Gasteiger partial charge in [0.05, 0.1) is 12.3 Å². The van der Waals surface area contributed by atoms with Gasteiger partial charge < -0.3 is 14.4 Å². The van der Waals surface area contributed by atoms with Crippen molar-refractivity contribution in [2.45, 2.75) is 13.0 Å². The Labute approximate surface area is 114 Å². The second kappa shape index (κ2) is 5.22. The van der Waals surface area contributed by atoms with Crippen molar-refractivity contribution < 1.29 is 14.3 Å². The van der Waals surface area contributed by atoms with E-state index in [0.717, 1.165) is 15.0 Å². The Kier molecular flexibility index (Phi) is 3.88. The zero-order valence-corrected chi connectivity index (χ0v) is 11.9. The number of anilines is 1. The van der Waals surface area contributed by atoms with Crippen molar-refractivity contribution in [1.82, 2.24) is 0 Å². The third-order valence-corrected chi connectivity index (χ3v) is 3.32. The molecule has 0 radical (unpaired) electrons. The highest BCUT2D eigenvalue weighted by molar-refractivity contribution is 14.1. The topological polar surface area (TPSA) is 38.8 Å². The summed E-state index contributed by atoms with van der Waals surface area (Å²) in [6.07, 6.45) is -0.433. The van der Waals surface area contributed by atoms with E-state index in [4.69, 9.17) is 9.47 Å². The number of ether oxygens (including phenoxy) is 2. The molecule has 0 N–H and O–H groups in total. The van der Waals surface area contributed by atoms with Gasteiger partial charge in [-0.3, -0.25) is 4.79 Å². The Hall–Kier alpha value is -0.820. The lowest BCUT2D eigenvalue weighted by Gasteiger charge is -2.32. The molecule has 2 rings (SSSR count). The normalized spacial score (nSPS) is 18.9. The fourth-order valence-corrected chi connectivity index (χ4v) is 2.26. The lowest BCUT2D eigenvalue weighted by Crippen LogP contribution is -2.45. The Balaban J connectivity index is 2.34. The molecular weight excluding hydrogens is 333 g/mol. The molecule has 1 amide bonds. The predicted molar refractivity (Wildman–Crippen MR) is 73.5 cm³/mol. The maximum atomic E-state index is 12.0. The van der Waals surface area contributed by atoms with E-state index in [1.165, 1.54) is 0 Å². The number of nitrogens with zero attached hydrogens (tertiary/aromatic N) is 1. The van der Waals surface area contributed by atoms with Gasteiger partial charge in [0.2, 0.25) is 0 Å². The van der Waals surface area contributed by atoms with Crippen molar-refractivity contribution in [2.24, 2.45) is 0 Å². The van der Waals surface area contributed by atoms with Gasteiger partial charge in [-0.25, -0.2) is 0 Å². The largest absolute Gasteiger partial charge is 0.479 e. The molecule has 1 unspecified atom stereocenters. The second-order valence-electron chi connectivity index (χ2n) is 3.85. The molecule has 4 nitrogen and oxygen atoms in total. The number of hydrogen-bond acceptors (Lipinski definition) is 3. The molecule has 1 heterocycles. The zero-order valence-electron chi connectivity index (χ0n) is 9.77. The third kappa shape index (κ3) is 2.55. The van der Waals surface area contributed by atoms with Crippen LogP contribution in [-0.4, -0.2) is 32.3 Å². The fourth-order valence-electron chi connectivity index (χ4n) is 1.80. The Morgan fingerprint density at radius 3 is 3.00 bits per heavy atom. The molecular formula is C12H14INO3. The van der Waals surface area contributed by atoms with Gasteiger partial charge in [0.15, 0.2) is 6.10 Å². The van der Waals surface area contributed by atoms with E-state index in [1.54, 1.807) is 18.9 Å². The number of halogens is 1. The van der Waals surface area contributed by atoms with Gasteiger partial charge in [-0.2, -0.15) is 0 Å². The second-order valence-corrected chi connectivity index (χ2v) is 5.10. The van der Waals surface area contributed by atoms with E-state index in [2.05, 4.69) is 22.6 Å². The minimum absolute atomic E-state index is 0.0178. The number of carbonyl (C=O) groups excluding carboxylic acids is 1. The molecule has 17 heavy (non-hydrogen) atoms. The van der Waals surface area contributed by atoms with Crippen LogP contribution >= 0.6 is 22.6 Å². The SMILES string of the molecule is COCCN1C(=O)C(C)Oc2cc(I)ccc21. The van der Waals surface area contributed by atoms with Crippen molar-refractivity contribution in [3.63, 3.8) is 0 Å². The zero-order chi connectivity index (χ0) is 12.4. The average Bonchev–Trinajstić information content (AvgIpc) is 2.30. The number of rotatable bonds is 3. The molecule has 1 aliphatic heterocycles. The van der Waals surface area contributed by atoms with Crippen LogP contribution < -0.4 is 9.64 Å². The lowest BCUT2D eigenvalue weighted by atomic mass is 10.2. The predicted octanol–water partition coefficient (Wildman–Crippen LogP) is 2.05. The van der Waals surface area contributed by atoms with Crippen LogP contribution in [0.3, 0.4) is 0 Å². The molecule has 1 aromatic rings. The summed E-state index contributed by atoms with van der Waals surface area (Å²) in [6, 6.07) is 5.82. The highest BCUT2D eigenvalue weighted by Crippen LogP contribution is 2.34. The Morgan fingerprint density at radius 1 is 1.53 bits per heavy atom. The monoisotopic (exact) mass is 347 g/mol. The van der Waals surface area contributed by atoms with Crippen molar-refractivity contribution in [3.8, 4) is 5.75 Å². The van der Waals surface area contributed by atoms with Crippen LogP contribution in [0.15, 0.2) is 18.2 Å². The molecule has 0 fully saturated rings. The third-order valence-electron chi connectivity index (χ3n) is 2.65. The van der Waals surface area contributed by atoms with Crippen molar-refractivity contribution >= 4 is 34.2 Å². The number of carbonyl (C=O) groups is 1. The fraction of sp³-hybridized carbons (Fsp3) is 0.417. The van der Waals surface area contributed by atoms with Crippen LogP contribution in [-0.2, 0) is 9.53 Å². The van der Waals surface area contributed by atoms with Gasteiger partial charge in [-0.05, 0) is 47.7 Å². The van der Waals surface area contributed by atoms with Crippen LogP contribution in [0.5, 0.6) is 5.75 Å². The summed E-state index contributed by atoms with van der Waals surface area (Å²) in [5.41, 5.74) is 0.825. The minimum atomic E-state index is -0.433. The lowest BCUT2D eigenvalue weighted by molar-refractivity contribution is -0.125. The van der Waals surface area contributed by atoms with Gasteiger partial charge in [-0.1, -0.05) is 0 Å². The molecule has 5 heteroatoms. The molecule has 1 atom stereocenters. The number of amides is 1. The quantitative estimate of drug-likeness (QED) is 0.786. The van der Waals surface area contributed by atoms with E-state index in [9.17, 15) is 4.79 Å². The maximum absolute atomic E-state index is 12.0. The van der Waals surface area contributed by atoms with Crippen molar-refractivity contribution in [3.05, 3.63) is 21.8 Å². The van der Waals surface area contributed by atoms with Gasteiger partial charge in [0.1, 0.15) is 5.75 Å². The van der Waals surface area contributed by atoms with E-state index in [0.29, 0.717) is 13.2 Å². The molecule has 1 aromatic carbocycles. The maximum Gasteiger partial charge on any atom is 0.267 e. The van der Waals surface area contributed by atoms with Crippen molar-refractivity contribution in [2.75, 3.05) is 25.2 Å². The van der Waals surface area contributed by atoms with Crippen LogP contribution in [0.4, 0.5) is 5.69 Å². The van der Waals surface area contributed by atoms with E-state index < -0.39 is 6.10 Å². The van der Waals surface area contributed by atoms with Crippen LogP contribution in [0.1, 0.15) is 6.92 Å². The van der Waals surface area contributed by atoms with Crippen LogP contribution in [0, 0.1) is 3.57 Å². The summed E-state index contributed by atoms with van der Waals surface area (Å²) in [4.78, 5) is 13.7. The molecule has 0 aromatic heterocycles. The molecule has 0 bridgehead atoms. The molecule has 1 aliphatic rings.